The molecule has 0 aliphatic heterocycles. The molecule has 0 saturated heterocycles. The molecule has 0 aliphatic rings. The molecule has 0 N–H and O–H groups in total. The molecule has 2 heterocycles. The topological polar surface area (TPSA) is 38.1 Å². The van der Waals surface area contributed by atoms with E-state index < -0.39 is 0 Å². The van der Waals surface area contributed by atoms with Gasteiger partial charge >= 0.3 is 0 Å². The quantitative estimate of drug-likeness (QED) is 0.814. The first-order valence-corrected chi connectivity index (χ1v) is 7.44. The van der Waals surface area contributed by atoms with Crippen LogP contribution in [-0.2, 0) is 18.4 Å². The third-order valence-electron chi connectivity index (χ3n) is 2.96. The summed E-state index contributed by atoms with van der Waals surface area (Å²) in [7, 11) is 3.55. The van der Waals surface area contributed by atoms with Crippen LogP contribution in [0.4, 0.5) is 0 Å². The molecule has 1 amide bonds. The summed E-state index contributed by atoms with van der Waals surface area (Å²) < 4.78 is 1.59. The first-order chi connectivity index (χ1) is 9.49. The van der Waals surface area contributed by atoms with Crippen molar-refractivity contribution in [1.29, 1.82) is 0 Å². The van der Waals surface area contributed by atoms with Crippen LogP contribution in [0.2, 0.25) is 5.15 Å². The maximum atomic E-state index is 12.0. The van der Waals surface area contributed by atoms with Gasteiger partial charge in [-0.15, -0.1) is 0 Å². The highest BCUT2D eigenvalue weighted by Gasteiger charge is 2.10. The summed E-state index contributed by atoms with van der Waals surface area (Å²) in [6, 6.07) is 2.01. The highest BCUT2D eigenvalue weighted by atomic mass is 35.5. The van der Waals surface area contributed by atoms with Crippen molar-refractivity contribution < 1.29 is 4.79 Å². The summed E-state index contributed by atoms with van der Waals surface area (Å²) in [6.45, 7) is 2.47. The lowest BCUT2D eigenvalue weighted by Crippen LogP contribution is -2.23. The van der Waals surface area contributed by atoms with Crippen LogP contribution < -0.4 is 0 Å². The number of thiophene rings is 1. The number of aromatic nitrogens is 2. The molecular weight excluding hydrogens is 294 g/mol. The molecule has 20 heavy (non-hydrogen) atoms. The maximum absolute atomic E-state index is 12.0. The minimum absolute atomic E-state index is 0.0597. The van der Waals surface area contributed by atoms with Gasteiger partial charge in [-0.25, -0.2) is 0 Å². The normalized spacial score (nSPS) is 11.2. The molecule has 0 radical (unpaired) electrons. The Bertz CT molecular complexity index is 631. The van der Waals surface area contributed by atoms with Crippen LogP contribution in [0.1, 0.15) is 16.8 Å². The lowest BCUT2D eigenvalue weighted by Gasteiger charge is -2.13. The molecule has 2 aromatic heterocycles. The van der Waals surface area contributed by atoms with E-state index >= 15 is 0 Å². The summed E-state index contributed by atoms with van der Waals surface area (Å²) in [5.41, 5.74) is 2.73. The summed E-state index contributed by atoms with van der Waals surface area (Å²) in [5.74, 6) is -0.0597. The minimum Gasteiger partial charge on any atom is -0.338 e. The lowest BCUT2D eigenvalue weighted by molar-refractivity contribution is -0.125. The highest BCUT2D eigenvalue weighted by molar-refractivity contribution is 7.07. The fourth-order valence-electron chi connectivity index (χ4n) is 1.85. The summed E-state index contributed by atoms with van der Waals surface area (Å²) in [5, 5.41) is 8.78. The molecule has 0 aliphatic carbocycles. The molecule has 2 rings (SSSR count). The highest BCUT2D eigenvalue weighted by Crippen LogP contribution is 2.20. The summed E-state index contributed by atoms with van der Waals surface area (Å²) in [6.07, 6.45) is 3.25. The second-order valence-corrected chi connectivity index (χ2v) is 5.71. The molecule has 0 aromatic carbocycles. The average molecular weight is 310 g/mol. The van der Waals surface area contributed by atoms with E-state index in [0.29, 0.717) is 11.7 Å². The SMILES string of the molecule is Cc1nn(C)c(Cl)c1C=CC(=O)N(C)Cc1ccsc1. The molecule has 4 nitrogen and oxygen atoms in total. The Morgan fingerprint density at radius 2 is 2.35 bits per heavy atom. The zero-order chi connectivity index (χ0) is 14.7. The third kappa shape index (κ3) is 3.29. The number of hydrogen-bond donors (Lipinski definition) is 0. The van der Waals surface area contributed by atoms with Gasteiger partial charge in [-0.2, -0.15) is 16.4 Å². The second kappa shape index (κ2) is 6.24. The molecule has 0 fully saturated rings. The number of amides is 1. The van der Waals surface area contributed by atoms with Crippen LogP contribution in [-0.4, -0.2) is 27.6 Å². The molecule has 2 aromatic rings. The Morgan fingerprint density at radius 3 is 2.90 bits per heavy atom. The molecule has 106 valence electrons. The maximum Gasteiger partial charge on any atom is 0.246 e. The van der Waals surface area contributed by atoms with E-state index in [0.717, 1.165) is 16.8 Å². The number of hydrogen-bond acceptors (Lipinski definition) is 3. The Morgan fingerprint density at radius 1 is 1.60 bits per heavy atom. The van der Waals surface area contributed by atoms with Gasteiger partial charge in [0.2, 0.25) is 5.91 Å². The van der Waals surface area contributed by atoms with Crippen LogP contribution >= 0.6 is 22.9 Å². The first-order valence-electron chi connectivity index (χ1n) is 6.12. The standard InChI is InChI=1S/C14H16ClN3OS/c1-10-12(14(15)18(3)16-10)4-5-13(19)17(2)8-11-6-7-20-9-11/h4-7,9H,8H2,1-3H3. The summed E-state index contributed by atoms with van der Waals surface area (Å²) in [4.78, 5) is 13.7. The van der Waals surface area contributed by atoms with Crippen molar-refractivity contribution in [2.45, 2.75) is 13.5 Å². The van der Waals surface area contributed by atoms with Crippen molar-refractivity contribution >= 4 is 34.9 Å². The van der Waals surface area contributed by atoms with Crippen LogP contribution in [0, 0.1) is 6.92 Å². The van der Waals surface area contributed by atoms with Crippen molar-refractivity contribution in [1.82, 2.24) is 14.7 Å². The smallest absolute Gasteiger partial charge is 0.246 e. The fraction of sp³-hybridized carbons (Fsp3) is 0.286. The third-order valence-corrected chi connectivity index (χ3v) is 4.15. The predicted octanol–water partition coefficient (Wildman–Crippen LogP) is 3.12. The fourth-order valence-corrected chi connectivity index (χ4v) is 2.75. The molecule has 6 heteroatoms. The van der Waals surface area contributed by atoms with Crippen molar-refractivity contribution in [2.24, 2.45) is 7.05 Å². The van der Waals surface area contributed by atoms with Gasteiger partial charge < -0.3 is 4.90 Å². The van der Waals surface area contributed by atoms with Gasteiger partial charge in [0.05, 0.1) is 5.69 Å². The monoisotopic (exact) mass is 309 g/mol. The van der Waals surface area contributed by atoms with Gasteiger partial charge in [0.15, 0.2) is 0 Å². The van der Waals surface area contributed by atoms with E-state index in [1.807, 2.05) is 23.8 Å². The zero-order valence-corrected chi connectivity index (χ0v) is 13.2. The molecule has 0 spiro atoms. The van der Waals surface area contributed by atoms with Gasteiger partial charge in [-0.3, -0.25) is 9.48 Å². The average Bonchev–Trinajstić information content (AvgIpc) is 2.98. The van der Waals surface area contributed by atoms with Crippen molar-refractivity contribution in [2.75, 3.05) is 7.05 Å². The van der Waals surface area contributed by atoms with Crippen LogP contribution in [0.15, 0.2) is 22.9 Å². The van der Waals surface area contributed by atoms with Gasteiger partial charge in [0.1, 0.15) is 5.15 Å². The lowest BCUT2D eigenvalue weighted by atomic mass is 10.2. The number of aryl methyl sites for hydroxylation is 2. The molecule has 0 saturated carbocycles. The van der Waals surface area contributed by atoms with Crippen molar-refractivity contribution in [3.8, 4) is 0 Å². The Labute approximate surface area is 127 Å². The van der Waals surface area contributed by atoms with Crippen LogP contribution in [0.5, 0.6) is 0 Å². The number of rotatable bonds is 4. The second-order valence-electron chi connectivity index (χ2n) is 4.57. The Balaban J connectivity index is 2.05. The number of likely N-dealkylation sites (N-methyl/N-ethyl adjacent to an activating group) is 1. The van der Waals surface area contributed by atoms with E-state index in [4.69, 9.17) is 11.6 Å². The molecular formula is C14H16ClN3OS. The first kappa shape index (κ1) is 14.8. The zero-order valence-electron chi connectivity index (χ0n) is 11.6. The number of nitrogens with zero attached hydrogens (tertiary/aromatic N) is 3. The number of halogens is 1. The predicted molar refractivity (Wildman–Crippen MR) is 82.8 cm³/mol. The van der Waals surface area contributed by atoms with Gasteiger partial charge in [0.25, 0.3) is 0 Å². The van der Waals surface area contributed by atoms with E-state index in [1.54, 1.807) is 41.1 Å². The van der Waals surface area contributed by atoms with Crippen molar-refractivity contribution in [3.05, 3.63) is 44.9 Å². The van der Waals surface area contributed by atoms with Crippen LogP contribution in [0.25, 0.3) is 6.08 Å². The van der Waals surface area contributed by atoms with Gasteiger partial charge in [-0.1, -0.05) is 11.6 Å². The van der Waals surface area contributed by atoms with E-state index in [9.17, 15) is 4.79 Å². The van der Waals surface area contributed by atoms with E-state index in [2.05, 4.69) is 5.10 Å². The summed E-state index contributed by atoms with van der Waals surface area (Å²) >= 11 is 7.74. The van der Waals surface area contributed by atoms with Crippen molar-refractivity contribution in [3.63, 3.8) is 0 Å². The molecule has 0 bridgehead atoms. The minimum atomic E-state index is -0.0597. The van der Waals surface area contributed by atoms with E-state index in [-0.39, 0.29) is 5.91 Å². The Hall–Kier alpha value is -1.59. The van der Waals surface area contributed by atoms with E-state index in [1.165, 1.54) is 6.08 Å². The number of carbonyl (C=O) groups is 1. The van der Waals surface area contributed by atoms with Crippen LogP contribution in [0.3, 0.4) is 0 Å². The molecule has 0 unspecified atom stereocenters. The van der Waals surface area contributed by atoms with Gasteiger partial charge in [0, 0.05) is 32.3 Å². The molecule has 0 atom stereocenters. The number of carbonyl (C=O) groups excluding carboxylic acids is 1. The largest absolute Gasteiger partial charge is 0.338 e. The van der Waals surface area contributed by atoms with Gasteiger partial charge in [-0.05, 0) is 35.4 Å². The Kier molecular flexibility index (Phi) is 4.62.